The van der Waals surface area contributed by atoms with Crippen LogP contribution in [0.3, 0.4) is 0 Å². The zero-order valence-corrected chi connectivity index (χ0v) is 17.2. The Morgan fingerprint density at radius 1 is 0.889 bits per heavy atom. The van der Waals surface area contributed by atoms with Crippen molar-refractivity contribution in [2.24, 2.45) is 0 Å². The quantitative estimate of drug-likeness (QED) is 0.267. The van der Waals surface area contributed by atoms with Crippen LogP contribution in [0.5, 0.6) is 0 Å². The lowest BCUT2D eigenvalue weighted by Crippen LogP contribution is -2.29. The third-order valence-corrected chi connectivity index (χ3v) is 4.98. The van der Waals surface area contributed by atoms with Crippen LogP contribution < -0.4 is 0 Å². The maximum Gasteiger partial charge on any atom is 0.0841 e. The standard InChI is InChI=1S/C24H40O3/c1-2-3-4-5-6-7-8-13-18-23(26)24(19-14-10-15-20-25)27-21-22-16-11-9-12-17-22/h9-12,15-17,23-26H,2-8,13-14,18-21H2,1H3/b15-10+/t23-,24+/m1/s1. The van der Waals surface area contributed by atoms with Gasteiger partial charge in [0.25, 0.3) is 0 Å². The molecule has 0 bridgehead atoms. The Balaban J connectivity index is 2.30. The first kappa shape index (κ1) is 23.9. The highest BCUT2D eigenvalue weighted by molar-refractivity contribution is 5.13. The summed E-state index contributed by atoms with van der Waals surface area (Å²) in [5.74, 6) is 0. The summed E-state index contributed by atoms with van der Waals surface area (Å²) >= 11 is 0. The molecule has 1 aromatic carbocycles. The second-order valence-corrected chi connectivity index (χ2v) is 7.40. The molecule has 0 saturated heterocycles. The molecule has 2 N–H and O–H groups in total. The molecule has 1 rings (SSSR count). The van der Waals surface area contributed by atoms with Gasteiger partial charge in [0.2, 0.25) is 0 Å². The van der Waals surface area contributed by atoms with Crippen LogP contribution in [0.4, 0.5) is 0 Å². The molecular weight excluding hydrogens is 336 g/mol. The van der Waals surface area contributed by atoms with Gasteiger partial charge in [-0.1, -0.05) is 101 Å². The molecule has 3 heteroatoms. The van der Waals surface area contributed by atoms with E-state index in [9.17, 15) is 5.11 Å². The highest BCUT2D eigenvalue weighted by Gasteiger charge is 2.19. The lowest BCUT2D eigenvalue weighted by atomic mass is 10.0. The van der Waals surface area contributed by atoms with Gasteiger partial charge in [-0.2, -0.15) is 0 Å². The van der Waals surface area contributed by atoms with Crippen LogP contribution in [0.25, 0.3) is 0 Å². The van der Waals surface area contributed by atoms with Crippen molar-refractivity contribution in [1.29, 1.82) is 0 Å². The molecule has 0 fully saturated rings. The van der Waals surface area contributed by atoms with Crippen LogP contribution in [0.2, 0.25) is 0 Å². The third kappa shape index (κ3) is 12.8. The maximum atomic E-state index is 10.6. The molecule has 2 atom stereocenters. The minimum Gasteiger partial charge on any atom is -0.392 e. The van der Waals surface area contributed by atoms with Crippen molar-refractivity contribution in [3.8, 4) is 0 Å². The van der Waals surface area contributed by atoms with Crippen LogP contribution >= 0.6 is 0 Å². The molecule has 0 saturated carbocycles. The number of aliphatic hydroxyl groups excluding tert-OH is 2. The summed E-state index contributed by atoms with van der Waals surface area (Å²) < 4.78 is 6.05. The zero-order valence-electron chi connectivity index (χ0n) is 17.2. The average molecular weight is 377 g/mol. The van der Waals surface area contributed by atoms with Gasteiger partial charge in [-0.3, -0.25) is 0 Å². The molecule has 27 heavy (non-hydrogen) atoms. The van der Waals surface area contributed by atoms with E-state index < -0.39 is 6.10 Å². The van der Waals surface area contributed by atoms with Crippen molar-refractivity contribution in [1.82, 2.24) is 0 Å². The fourth-order valence-electron chi connectivity index (χ4n) is 3.29. The predicted molar refractivity (Wildman–Crippen MR) is 114 cm³/mol. The average Bonchev–Trinajstić information content (AvgIpc) is 2.70. The molecule has 1 aromatic rings. The highest BCUT2D eigenvalue weighted by atomic mass is 16.5. The molecule has 0 amide bonds. The summed E-state index contributed by atoms with van der Waals surface area (Å²) in [6.07, 6.45) is 15.7. The Morgan fingerprint density at radius 3 is 2.22 bits per heavy atom. The minimum absolute atomic E-state index is 0.0658. The second-order valence-electron chi connectivity index (χ2n) is 7.40. The number of hydrogen-bond donors (Lipinski definition) is 2. The first-order chi connectivity index (χ1) is 13.3. The Hall–Kier alpha value is -1.16. The van der Waals surface area contributed by atoms with Gasteiger partial charge < -0.3 is 14.9 Å². The van der Waals surface area contributed by atoms with Gasteiger partial charge in [0.1, 0.15) is 0 Å². The number of aliphatic hydroxyl groups is 2. The van der Waals surface area contributed by atoms with Crippen molar-refractivity contribution >= 4 is 0 Å². The molecule has 0 aliphatic carbocycles. The molecule has 3 nitrogen and oxygen atoms in total. The third-order valence-electron chi connectivity index (χ3n) is 4.98. The molecule has 0 aliphatic rings. The smallest absolute Gasteiger partial charge is 0.0841 e. The highest BCUT2D eigenvalue weighted by Crippen LogP contribution is 2.17. The molecule has 0 spiro atoms. The summed E-state index contributed by atoms with van der Waals surface area (Å²) in [5.41, 5.74) is 1.13. The van der Waals surface area contributed by atoms with Gasteiger partial charge in [0, 0.05) is 0 Å². The molecule has 0 aliphatic heterocycles. The van der Waals surface area contributed by atoms with Gasteiger partial charge in [-0.25, -0.2) is 0 Å². The molecular formula is C24H40O3. The summed E-state index contributed by atoms with van der Waals surface area (Å²) in [5, 5.41) is 19.5. The van der Waals surface area contributed by atoms with E-state index >= 15 is 0 Å². The largest absolute Gasteiger partial charge is 0.392 e. The number of ether oxygens (including phenoxy) is 1. The van der Waals surface area contributed by atoms with Crippen LogP contribution in [0.15, 0.2) is 42.5 Å². The van der Waals surface area contributed by atoms with Gasteiger partial charge in [-0.15, -0.1) is 0 Å². The number of hydrogen-bond acceptors (Lipinski definition) is 3. The van der Waals surface area contributed by atoms with Crippen molar-refractivity contribution < 1.29 is 14.9 Å². The fourth-order valence-corrected chi connectivity index (χ4v) is 3.29. The normalized spacial score (nSPS) is 13.9. The summed E-state index contributed by atoms with van der Waals surface area (Å²) in [7, 11) is 0. The van der Waals surface area contributed by atoms with Crippen LogP contribution in [-0.2, 0) is 11.3 Å². The summed E-state index contributed by atoms with van der Waals surface area (Å²) in [6.45, 7) is 2.84. The molecule has 0 aromatic heterocycles. The molecule has 154 valence electrons. The topological polar surface area (TPSA) is 49.7 Å². The minimum atomic E-state index is -0.420. The van der Waals surface area contributed by atoms with Crippen LogP contribution in [0.1, 0.15) is 83.1 Å². The predicted octanol–water partition coefficient (Wildman–Crippen LogP) is 5.79. The van der Waals surface area contributed by atoms with Gasteiger partial charge in [-0.05, 0) is 24.8 Å². The Morgan fingerprint density at radius 2 is 1.56 bits per heavy atom. The van der Waals surface area contributed by atoms with Crippen LogP contribution in [-0.4, -0.2) is 29.0 Å². The summed E-state index contributed by atoms with van der Waals surface area (Å²) in [6, 6.07) is 10.1. The molecule has 0 heterocycles. The van der Waals surface area contributed by atoms with Crippen molar-refractivity contribution in [3.05, 3.63) is 48.0 Å². The molecule has 0 unspecified atom stereocenters. The monoisotopic (exact) mass is 376 g/mol. The number of unbranched alkanes of at least 4 members (excludes halogenated alkanes) is 7. The van der Waals surface area contributed by atoms with Gasteiger partial charge >= 0.3 is 0 Å². The maximum absolute atomic E-state index is 10.6. The lowest BCUT2D eigenvalue weighted by Gasteiger charge is -2.23. The SMILES string of the molecule is CCCCCCCCCC[C@@H](O)[C@H](CC/C=C/CO)OCc1ccccc1. The summed E-state index contributed by atoms with van der Waals surface area (Å²) in [4.78, 5) is 0. The number of allylic oxidation sites excluding steroid dienone is 1. The Kier molecular flexibility index (Phi) is 15.0. The van der Waals surface area contributed by atoms with Crippen molar-refractivity contribution in [2.45, 2.75) is 96.4 Å². The first-order valence-electron chi connectivity index (χ1n) is 10.9. The molecule has 0 radical (unpaired) electrons. The van der Waals surface area contributed by atoms with Crippen LogP contribution in [0, 0.1) is 0 Å². The van der Waals surface area contributed by atoms with E-state index in [0.717, 1.165) is 31.2 Å². The van der Waals surface area contributed by atoms with Crippen molar-refractivity contribution in [3.63, 3.8) is 0 Å². The van der Waals surface area contributed by atoms with E-state index in [1.807, 2.05) is 36.4 Å². The second kappa shape index (κ2) is 17.0. The fraction of sp³-hybridized carbons (Fsp3) is 0.667. The van der Waals surface area contributed by atoms with E-state index in [1.165, 1.54) is 44.9 Å². The van der Waals surface area contributed by atoms with E-state index in [1.54, 1.807) is 6.08 Å². The van der Waals surface area contributed by atoms with Crippen molar-refractivity contribution in [2.75, 3.05) is 6.61 Å². The van der Waals surface area contributed by atoms with E-state index in [0.29, 0.717) is 6.61 Å². The zero-order chi connectivity index (χ0) is 19.6. The van der Waals surface area contributed by atoms with E-state index in [2.05, 4.69) is 6.92 Å². The van der Waals surface area contributed by atoms with Gasteiger partial charge in [0.15, 0.2) is 0 Å². The number of rotatable bonds is 17. The Bertz CT molecular complexity index is 458. The first-order valence-corrected chi connectivity index (χ1v) is 10.9. The number of benzene rings is 1. The Labute approximate surface area is 166 Å². The van der Waals surface area contributed by atoms with E-state index in [-0.39, 0.29) is 12.7 Å². The lowest BCUT2D eigenvalue weighted by molar-refractivity contribution is -0.0527. The van der Waals surface area contributed by atoms with Gasteiger partial charge in [0.05, 0.1) is 25.4 Å². The van der Waals surface area contributed by atoms with E-state index in [4.69, 9.17) is 9.84 Å².